The fraction of sp³-hybridized carbons (Fsp3) is 0.0556. The number of aromatic nitrogens is 1. The number of aromatic hydroxyl groups is 1. The Kier molecular flexibility index (Phi) is 6.00. The van der Waals surface area contributed by atoms with Gasteiger partial charge in [-0.15, -0.1) is 0 Å². The van der Waals surface area contributed by atoms with Crippen molar-refractivity contribution in [1.82, 2.24) is 4.98 Å². The maximum atomic E-state index is 11.4. The summed E-state index contributed by atoms with van der Waals surface area (Å²) in [6.07, 6.45) is 16.5. The number of hydrogen-bond acceptors (Lipinski definition) is 3. The van der Waals surface area contributed by atoms with Gasteiger partial charge < -0.3 is 14.5 Å². The third kappa shape index (κ3) is 5.00. The van der Waals surface area contributed by atoms with Gasteiger partial charge in [0.25, 0.3) is 0 Å². The number of allylic oxidation sites excluding steroid dienone is 6. The maximum Gasteiger partial charge on any atom is 0.342 e. The molecule has 0 spiro atoms. The summed E-state index contributed by atoms with van der Waals surface area (Å²) in [4.78, 5) is 14.5. The summed E-state index contributed by atoms with van der Waals surface area (Å²) in [5.74, 6) is 0.244. The first-order valence-corrected chi connectivity index (χ1v) is 7.72. The van der Waals surface area contributed by atoms with Crippen molar-refractivity contribution in [3.63, 3.8) is 0 Å². The average molecular weight is 374 g/mol. The third-order valence-electron chi connectivity index (χ3n) is 2.98. The van der Waals surface area contributed by atoms with Crippen molar-refractivity contribution in [2.45, 2.75) is 6.92 Å². The molecule has 0 aromatic carbocycles. The lowest BCUT2D eigenvalue weighted by atomic mass is 10.2. The predicted molar refractivity (Wildman–Crippen MR) is 96.2 cm³/mol. The van der Waals surface area contributed by atoms with Crippen molar-refractivity contribution in [3.05, 3.63) is 86.7 Å². The predicted octanol–water partition coefficient (Wildman–Crippen LogP) is 4.58. The number of halogens is 1. The molecule has 0 amide bonds. The summed E-state index contributed by atoms with van der Waals surface area (Å²) in [5.41, 5.74) is 0.683. The van der Waals surface area contributed by atoms with Gasteiger partial charge in [-0.05, 0) is 41.1 Å². The molecule has 2 heterocycles. The van der Waals surface area contributed by atoms with E-state index in [0.29, 0.717) is 5.76 Å². The van der Waals surface area contributed by atoms with Crippen LogP contribution < -0.4 is 5.63 Å². The minimum Gasteiger partial charge on any atom is -0.507 e. The van der Waals surface area contributed by atoms with Crippen molar-refractivity contribution < 1.29 is 9.52 Å². The topological polar surface area (TPSA) is 66.2 Å². The van der Waals surface area contributed by atoms with E-state index in [9.17, 15) is 9.90 Å². The van der Waals surface area contributed by atoms with E-state index in [2.05, 4.69) is 20.9 Å². The van der Waals surface area contributed by atoms with E-state index in [1.165, 1.54) is 13.0 Å². The number of H-pyrrole nitrogens is 1. The number of aromatic amines is 1. The monoisotopic (exact) mass is 373 g/mol. The number of rotatable bonds is 5. The normalized spacial score (nSPS) is 12.4. The molecule has 0 bridgehead atoms. The Balaban J connectivity index is 1.89. The van der Waals surface area contributed by atoms with Gasteiger partial charge in [0.2, 0.25) is 0 Å². The smallest absolute Gasteiger partial charge is 0.342 e. The summed E-state index contributed by atoms with van der Waals surface area (Å²) in [6, 6.07) is 3.35. The van der Waals surface area contributed by atoms with E-state index in [1.54, 1.807) is 18.2 Å². The van der Waals surface area contributed by atoms with E-state index >= 15 is 0 Å². The minimum atomic E-state index is -0.533. The van der Waals surface area contributed by atoms with Gasteiger partial charge in [0.1, 0.15) is 11.5 Å². The van der Waals surface area contributed by atoms with Gasteiger partial charge in [-0.25, -0.2) is 4.79 Å². The highest BCUT2D eigenvalue weighted by molar-refractivity contribution is 9.10. The summed E-state index contributed by atoms with van der Waals surface area (Å²) < 4.78 is 6.03. The van der Waals surface area contributed by atoms with Crippen molar-refractivity contribution in [1.29, 1.82) is 0 Å². The lowest BCUT2D eigenvalue weighted by molar-refractivity contribution is 0.436. The maximum absolute atomic E-state index is 11.4. The molecule has 2 N–H and O–H groups in total. The van der Waals surface area contributed by atoms with Crippen LogP contribution in [0.5, 0.6) is 5.75 Å². The Bertz CT molecular complexity index is 838. The zero-order chi connectivity index (χ0) is 16.7. The molecule has 0 atom stereocenters. The molecule has 0 saturated carbocycles. The molecule has 4 nitrogen and oxygen atoms in total. The van der Waals surface area contributed by atoms with Gasteiger partial charge in [0.15, 0.2) is 0 Å². The van der Waals surface area contributed by atoms with Crippen LogP contribution in [0.4, 0.5) is 0 Å². The SMILES string of the molecule is Cc1c(O)cc(C=CC=CC=CC=Cc2[nH]ccc2Br)oc1=O. The first-order chi connectivity index (χ1) is 11.1. The molecule has 0 unspecified atom stereocenters. The van der Waals surface area contributed by atoms with E-state index in [4.69, 9.17) is 4.42 Å². The zero-order valence-corrected chi connectivity index (χ0v) is 14.1. The van der Waals surface area contributed by atoms with Crippen LogP contribution in [0, 0.1) is 6.92 Å². The highest BCUT2D eigenvalue weighted by Gasteiger charge is 2.03. The van der Waals surface area contributed by atoms with Gasteiger partial charge in [-0.1, -0.05) is 36.5 Å². The molecule has 0 aliphatic heterocycles. The molecular formula is C18H16BrNO3. The van der Waals surface area contributed by atoms with E-state index < -0.39 is 5.63 Å². The molecule has 118 valence electrons. The van der Waals surface area contributed by atoms with Crippen LogP contribution in [0.15, 0.2) is 68.5 Å². The molecule has 0 saturated heterocycles. The highest BCUT2D eigenvalue weighted by atomic mass is 79.9. The van der Waals surface area contributed by atoms with Crippen molar-refractivity contribution >= 4 is 28.1 Å². The fourth-order valence-corrected chi connectivity index (χ4v) is 2.07. The van der Waals surface area contributed by atoms with Crippen LogP contribution in [-0.2, 0) is 0 Å². The standard InChI is InChI=1S/C18H16BrNO3/c1-13-17(21)12-14(23-18(13)22)8-6-4-2-3-5-7-9-16-15(19)10-11-20-16/h2-12,20-21H,1H3. The molecule has 2 rings (SSSR count). The Morgan fingerprint density at radius 3 is 2.39 bits per heavy atom. The number of nitrogens with one attached hydrogen (secondary N) is 1. The lowest BCUT2D eigenvalue weighted by Gasteiger charge is -1.97. The van der Waals surface area contributed by atoms with E-state index in [-0.39, 0.29) is 11.3 Å². The number of hydrogen-bond donors (Lipinski definition) is 2. The molecule has 2 aromatic rings. The second kappa shape index (κ2) is 8.19. The third-order valence-corrected chi connectivity index (χ3v) is 3.68. The molecule has 23 heavy (non-hydrogen) atoms. The molecular weight excluding hydrogens is 358 g/mol. The summed E-state index contributed by atoms with van der Waals surface area (Å²) in [7, 11) is 0. The molecule has 0 radical (unpaired) electrons. The molecule has 0 fully saturated rings. The average Bonchev–Trinajstić information content (AvgIpc) is 2.92. The van der Waals surface area contributed by atoms with Crippen LogP contribution >= 0.6 is 15.9 Å². The fourth-order valence-electron chi connectivity index (χ4n) is 1.69. The van der Waals surface area contributed by atoms with Gasteiger partial charge in [-0.2, -0.15) is 0 Å². The Morgan fingerprint density at radius 2 is 1.78 bits per heavy atom. The molecule has 0 aliphatic carbocycles. The van der Waals surface area contributed by atoms with Crippen LogP contribution in [0.2, 0.25) is 0 Å². The van der Waals surface area contributed by atoms with Gasteiger partial charge >= 0.3 is 5.63 Å². The molecule has 2 aromatic heterocycles. The zero-order valence-electron chi connectivity index (χ0n) is 12.5. The van der Waals surface area contributed by atoms with Crippen LogP contribution in [-0.4, -0.2) is 10.1 Å². The van der Waals surface area contributed by atoms with Crippen molar-refractivity contribution in [2.24, 2.45) is 0 Å². The largest absolute Gasteiger partial charge is 0.507 e. The lowest BCUT2D eigenvalue weighted by Crippen LogP contribution is -2.03. The van der Waals surface area contributed by atoms with E-state index in [0.717, 1.165) is 10.2 Å². The minimum absolute atomic E-state index is 0.0645. The molecule has 0 aliphatic rings. The quantitative estimate of drug-likeness (QED) is 0.753. The van der Waals surface area contributed by atoms with Crippen LogP contribution in [0.25, 0.3) is 12.2 Å². The van der Waals surface area contributed by atoms with Crippen molar-refractivity contribution in [3.8, 4) is 5.75 Å². The van der Waals surface area contributed by atoms with E-state index in [1.807, 2.05) is 42.6 Å². The summed E-state index contributed by atoms with van der Waals surface area (Å²) >= 11 is 3.43. The summed E-state index contributed by atoms with van der Waals surface area (Å²) in [5, 5.41) is 9.54. The van der Waals surface area contributed by atoms with Gasteiger partial charge in [0, 0.05) is 16.7 Å². The van der Waals surface area contributed by atoms with Crippen LogP contribution in [0.3, 0.4) is 0 Å². The Morgan fingerprint density at radius 1 is 1.13 bits per heavy atom. The Labute approximate surface area is 142 Å². The van der Waals surface area contributed by atoms with Crippen LogP contribution in [0.1, 0.15) is 17.0 Å². The Hall–Kier alpha value is -2.53. The molecule has 5 heteroatoms. The summed E-state index contributed by atoms with van der Waals surface area (Å²) in [6.45, 7) is 1.51. The van der Waals surface area contributed by atoms with Crippen molar-refractivity contribution in [2.75, 3.05) is 0 Å². The van der Waals surface area contributed by atoms with Gasteiger partial charge in [0.05, 0.1) is 11.3 Å². The van der Waals surface area contributed by atoms with Gasteiger partial charge in [-0.3, -0.25) is 0 Å². The first-order valence-electron chi connectivity index (χ1n) is 6.92. The highest BCUT2D eigenvalue weighted by Crippen LogP contribution is 2.16. The first kappa shape index (κ1) is 16.8. The second-order valence-electron chi connectivity index (χ2n) is 4.67. The second-order valence-corrected chi connectivity index (χ2v) is 5.53.